The first-order valence-electron chi connectivity index (χ1n) is 10.1. The van der Waals surface area contributed by atoms with E-state index >= 15 is 0 Å². The number of carbonyl (C=O) groups excluding carboxylic acids is 1. The first-order valence-corrected chi connectivity index (χ1v) is 10.8. The van der Waals surface area contributed by atoms with E-state index in [1.54, 1.807) is 42.5 Å². The van der Waals surface area contributed by atoms with E-state index < -0.39 is 48.8 Å². The molecule has 0 bridgehead atoms. The van der Waals surface area contributed by atoms with Crippen molar-refractivity contribution < 1.29 is 39.5 Å². The van der Waals surface area contributed by atoms with Gasteiger partial charge in [-0.2, -0.15) is 0 Å². The molecule has 34 heavy (non-hydrogen) atoms. The molecule has 1 saturated heterocycles. The van der Waals surface area contributed by atoms with Crippen molar-refractivity contribution in [2.24, 2.45) is 4.99 Å². The van der Waals surface area contributed by atoms with Crippen molar-refractivity contribution in [3.8, 4) is 0 Å². The zero-order valence-electron chi connectivity index (χ0n) is 17.6. The molecule has 2 heterocycles. The third kappa shape index (κ3) is 4.41. The van der Waals surface area contributed by atoms with Crippen LogP contribution in [-0.4, -0.2) is 82.0 Å². The molecule has 4 N–H and O–H groups in total. The lowest BCUT2D eigenvalue weighted by atomic mass is 9.99. The number of anilines is 1. The minimum Gasteiger partial charge on any atom is -0.479 e. The number of carbonyl (C=O) groups is 2. The lowest BCUT2D eigenvalue weighted by Crippen LogP contribution is -2.61. The van der Waals surface area contributed by atoms with Crippen LogP contribution in [-0.2, 0) is 19.1 Å². The predicted molar refractivity (Wildman–Crippen MR) is 121 cm³/mol. The highest BCUT2D eigenvalue weighted by atomic mass is 35.5. The summed E-state index contributed by atoms with van der Waals surface area (Å²) in [6.45, 7) is 0. The summed E-state index contributed by atoms with van der Waals surface area (Å²) in [5.41, 5.74) is 1.65. The molecule has 1 amide bonds. The number of benzene rings is 2. The molecule has 12 heteroatoms. The van der Waals surface area contributed by atoms with Gasteiger partial charge in [-0.25, -0.2) is 9.79 Å². The number of ether oxygens (including phenoxy) is 2. The number of carboxylic acid groups (broad SMARTS) is 1. The van der Waals surface area contributed by atoms with E-state index in [9.17, 15) is 30.0 Å². The molecule has 0 spiro atoms. The van der Waals surface area contributed by atoms with Gasteiger partial charge >= 0.3 is 5.97 Å². The number of halogens is 2. The van der Waals surface area contributed by atoms with Crippen LogP contribution in [0.4, 0.5) is 5.69 Å². The van der Waals surface area contributed by atoms with Crippen LogP contribution in [0, 0.1) is 0 Å². The Bertz CT molecular complexity index is 1160. The normalized spacial score (nSPS) is 29.3. The van der Waals surface area contributed by atoms with Crippen LogP contribution < -0.4 is 4.90 Å². The zero-order valence-corrected chi connectivity index (χ0v) is 19.1. The maximum absolute atomic E-state index is 13.3. The van der Waals surface area contributed by atoms with E-state index in [0.29, 0.717) is 26.9 Å². The summed E-state index contributed by atoms with van der Waals surface area (Å²) >= 11 is 12.6. The highest BCUT2D eigenvalue weighted by Gasteiger charge is 2.49. The second-order valence-electron chi connectivity index (χ2n) is 7.74. The van der Waals surface area contributed by atoms with Crippen LogP contribution >= 0.6 is 23.2 Å². The number of aliphatic hydroxyl groups is 3. The smallest absolute Gasteiger partial charge is 0.335 e. The topological polar surface area (TPSA) is 149 Å². The first kappa shape index (κ1) is 24.6. The number of rotatable bonds is 4. The lowest BCUT2D eigenvalue weighted by Gasteiger charge is -2.39. The van der Waals surface area contributed by atoms with Gasteiger partial charge in [-0.05, 0) is 24.3 Å². The van der Waals surface area contributed by atoms with Gasteiger partial charge in [0.15, 0.2) is 12.4 Å². The van der Waals surface area contributed by atoms with Gasteiger partial charge in [-0.3, -0.25) is 4.79 Å². The van der Waals surface area contributed by atoms with Crippen LogP contribution in [0.25, 0.3) is 0 Å². The summed E-state index contributed by atoms with van der Waals surface area (Å²) in [4.78, 5) is 30.4. The fourth-order valence-corrected chi connectivity index (χ4v) is 4.16. The summed E-state index contributed by atoms with van der Waals surface area (Å²) in [5, 5.41) is 40.3. The van der Waals surface area contributed by atoms with Crippen LogP contribution in [0.15, 0.2) is 47.5 Å². The molecule has 6 unspecified atom stereocenters. The standard InChI is InChI=1S/C22H20Cl2N2O8/c1-26-13-7-6-9(23)8-11(13)14(10-4-2-3-5-12(10)24)25-19(20(26)30)34-22-17(29)15(27)16(28)18(33-22)21(31)32/h2-8,15-19,22,27-29H,1H3,(H,31,32). The van der Waals surface area contributed by atoms with Gasteiger partial charge in [-0.15, -0.1) is 0 Å². The molecule has 6 atom stereocenters. The molecule has 0 radical (unpaired) electrons. The summed E-state index contributed by atoms with van der Waals surface area (Å²) in [6.07, 6.45) is -11.0. The number of aliphatic carboxylic acids is 1. The van der Waals surface area contributed by atoms with E-state index in [2.05, 4.69) is 4.99 Å². The number of likely N-dealkylation sites (N-methyl/N-ethyl adjacent to an activating group) is 1. The molecule has 0 aliphatic carbocycles. The molecular formula is C22H20Cl2N2O8. The van der Waals surface area contributed by atoms with Crippen molar-refractivity contribution in [2.75, 3.05) is 11.9 Å². The molecule has 180 valence electrons. The summed E-state index contributed by atoms with van der Waals surface area (Å²) in [7, 11) is 1.48. The molecule has 10 nitrogen and oxygen atoms in total. The third-order valence-corrected chi connectivity index (χ3v) is 6.13. The van der Waals surface area contributed by atoms with E-state index in [1.807, 2.05) is 0 Å². The molecule has 2 aromatic rings. The Labute approximate surface area is 203 Å². The quantitative estimate of drug-likeness (QED) is 0.476. The maximum atomic E-state index is 13.3. The zero-order chi connectivity index (χ0) is 24.7. The Morgan fingerprint density at radius 2 is 1.76 bits per heavy atom. The average Bonchev–Trinajstić information content (AvgIpc) is 2.89. The number of carboxylic acids is 1. The number of hydrogen-bond acceptors (Lipinski definition) is 8. The second-order valence-corrected chi connectivity index (χ2v) is 8.58. The van der Waals surface area contributed by atoms with Gasteiger partial charge in [0.1, 0.15) is 18.3 Å². The molecule has 2 aliphatic rings. The minimum absolute atomic E-state index is 0.256. The second kappa shape index (κ2) is 9.59. The molecule has 4 rings (SSSR count). The maximum Gasteiger partial charge on any atom is 0.335 e. The SMILES string of the molecule is CN1C(=O)C(OC2OC(C(=O)O)C(O)C(O)C2O)N=C(c2ccccc2Cl)c2cc(Cl)ccc21. The lowest BCUT2D eigenvalue weighted by molar-refractivity contribution is -0.300. The minimum atomic E-state index is -1.91. The Balaban J connectivity index is 1.79. The molecule has 1 fully saturated rings. The average molecular weight is 511 g/mol. The highest BCUT2D eigenvalue weighted by Crippen LogP contribution is 2.33. The number of hydrogen-bond donors (Lipinski definition) is 4. The number of benzodiazepines with no additional fused rings is 1. The van der Waals surface area contributed by atoms with E-state index in [1.165, 1.54) is 11.9 Å². The van der Waals surface area contributed by atoms with Crippen LogP contribution in [0.1, 0.15) is 11.1 Å². The van der Waals surface area contributed by atoms with Gasteiger partial charge in [0.05, 0.1) is 11.4 Å². The van der Waals surface area contributed by atoms with Gasteiger partial charge in [0, 0.05) is 28.2 Å². The molecule has 0 saturated carbocycles. The van der Waals surface area contributed by atoms with E-state index in [4.69, 9.17) is 32.7 Å². The van der Waals surface area contributed by atoms with E-state index in [-0.39, 0.29) is 5.71 Å². The van der Waals surface area contributed by atoms with Crippen LogP contribution in [0.5, 0.6) is 0 Å². The summed E-state index contributed by atoms with van der Waals surface area (Å²) < 4.78 is 10.8. The van der Waals surface area contributed by atoms with Gasteiger partial charge in [0.25, 0.3) is 5.91 Å². The number of aliphatic imine (C=N–C) groups is 1. The Kier molecular flexibility index (Phi) is 6.92. The fourth-order valence-electron chi connectivity index (χ4n) is 3.76. The fraction of sp³-hybridized carbons (Fsp3) is 0.318. The first-order chi connectivity index (χ1) is 16.1. The van der Waals surface area contributed by atoms with Gasteiger partial charge < -0.3 is 34.8 Å². The molecule has 2 aliphatic heterocycles. The molecule has 2 aromatic carbocycles. The van der Waals surface area contributed by atoms with Gasteiger partial charge in [-0.1, -0.05) is 41.4 Å². The Morgan fingerprint density at radius 1 is 1.06 bits per heavy atom. The van der Waals surface area contributed by atoms with Crippen LogP contribution in [0.3, 0.4) is 0 Å². The number of amides is 1. The van der Waals surface area contributed by atoms with Gasteiger partial charge in [0.2, 0.25) is 6.23 Å². The van der Waals surface area contributed by atoms with Crippen molar-refractivity contribution in [3.63, 3.8) is 0 Å². The Hall–Kier alpha value is -2.57. The third-order valence-electron chi connectivity index (χ3n) is 5.57. The van der Waals surface area contributed by atoms with Crippen molar-refractivity contribution in [1.82, 2.24) is 0 Å². The highest BCUT2D eigenvalue weighted by molar-refractivity contribution is 6.37. The molecule has 0 aromatic heterocycles. The molecular weight excluding hydrogens is 491 g/mol. The summed E-state index contributed by atoms with van der Waals surface area (Å²) in [5.74, 6) is -2.26. The largest absolute Gasteiger partial charge is 0.479 e. The monoisotopic (exact) mass is 510 g/mol. The van der Waals surface area contributed by atoms with Crippen molar-refractivity contribution in [3.05, 3.63) is 63.6 Å². The number of aliphatic hydroxyl groups excluding tert-OH is 3. The van der Waals surface area contributed by atoms with Crippen LogP contribution in [0.2, 0.25) is 10.0 Å². The Morgan fingerprint density at radius 3 is 2.44 bits per heavy atom. The van der Waals surface area contributed by atoms with Crippen molar-refractivity contribution in [2.45, 2.75) is 36.9 Å². The number of nitrogens with zero attached hydrogens (tertiary/aromatic N) is 2. The number of fused-ring (bicyclic) bond motifs is 1. The van der Waals surface area contributed by atoms with Crippen molar-refractivity contribution in [1.29, 1.82) is 0 Å². The summed E-state index contributed by atoms with van der Waals surface area (Å²) in [6, 6.07) is 11.6. The van der Waals surface area contributed by atoms with Crippen molar-refractivity contribution >= 4 is 46.5 Å². The predicted octanol–water partition coefficient (Wildman–Crippen LogP) is 1.04. The van der Waals surface area contributed by atoms with E-state index in [0.717, 1.165) is 0 Å².